The van der Waals surface area contributed by atoms with Gasteiger partial charge in [-0.3, -0.25) is 0 Å². The van der Waals surface area contributed by atoms with Crippen molar-refractivity contribution >= 4 is 102 Å². The Bertz CT molecular complexity index is 3010. The fraction of sp³-hybridized carbons (Fsp3) is 0. The van der Waals surface area contributed by atoms with Crippen LogP contribution in [0.15, 0.2) is 146 Å². The first kappa shape index (κ1) is 23.8. The van der Waals surface area contributed by atoms with Gasteiger partial charge in [0.1, 0.15) is 0 Å². The molecule has 2 nitrogen and oxygen atoms in total. The van der Waals surface area contributed by atoms with Crippen LogP contribution in [-0.4, -0.2) is 8.97 Å². The Balaban J connectivity index is 1.52. The monoisotopic (exact) mass is 588 g/mol. The van der Waals surface area contributed by atoms with Crippen molar-refractivity contribution in [3.05, 3.63) is 146 Å². The minimum absolute atomic E-state index is 1.18. The normalized spacial score (nSPS) is 12.4. The van der Waals surface area contributed by atoms with Gasteiger partial charge in [0.05, 0.1) is 27.6 Å². The van der Waals surface area contributed by atoms with E-state index < -0.39 is 0 Å². The van der Waals surface area contributed by atoms with Gasteiger partial charge in [0.25, 0.3) is 0 Å². The van der Waals surface area contributed by atoms with Crippen molar-refractivity contribution in [2.45, 2.75) is 0 Å². The first-order valence-corrected chi connectivity index (χ1v) is 16.3. The van der Waals surface area contributed by atoms with Gasteiger partial charge < -0.3 is 8.97 Å². The highest BCUT2D eigenvalue weighted by Crippen LogP contribution is 2.48. The molecule has 11 aromatic rings. The lowest BCUT2D eigenvalue weighted by Crippen LogP contribution is -1.92. The Morgan fingerprint density at radius 1 is 0.333 bits per heavy atom. The maximum Gasteiger partial charge on any atom is 0.0634 e. The van der Waals surface area contributed by atoms with Crippen LogP contribution in [0.4, 0.5) is 0 Å². The quantitative estimate of drug-likeness (QED) is 0.180. The largest absolute Gasteiger partial charge is 0.309 e. The molecule has 0 saturated heterocycles. The summed E-state index contributed by atoms with van der Waals surface area (Å²) < 4.78 is 7.66. The van der Waals surface area contributed by atoms with Crippen LogP contribution in [-0.2, 0) is 0 Å². The van der Waals surface area contributed by atoms with E-state index in [-0.39, 0.29) is 0 Å². The van der Waals surface area contributed by atoms with Crippen molar-refractivity contribution in [2.75, 3.05) is 0 Å². The third kappa shape index (κ3) is 2.94. The fourth-order valence-electron chi connectivity index (χ4n) is 8.13. The van der Waals surface area contributed by atoms with E-state index >= 15 is 0 Å². The summed E-state index contributed by atoms with van der Waals surface area (Å²) in [6.07, 6.45) is 0. The molecule has 0 radical (unpaired) electrons. The first-order valence-electron chi connectivity index (χ1n) is 15.5. The molecular weight excluding hydrogens is 565 g/mol. The lowest BCUT2D eigenvalue weighted by Gasteiger charge is -2.07. The molecule has 0 fully saturated rings. The zero-order valence-corrected chi connectivity index (χ0v) is 25.0. The maximum absolute atomic E-state index is 2.57. The van der Waals surface area contributed by atoms with Gasteiger partial charge in [0, 0.05) is 52.8 Å². The number of hydrogen-bond donors (Lipinski definition) is 0. The van der Waals surface area contributed by atoms with Gasteiger partial charge in [-0.2, -0.15) is 0 Å². The summed E-state index contributed by atoms with van der Waals surface area (Å²) in [5.74, 6) is 0. The van der Waals surface area contributed by atoms with Gasteiger partial charge in [-0.05, 0) is 64.7 Å². The molecule has 11 rings (SSSR count). The van der Waals surface area contributed by atoms with E-state index in [9.17, 15) is 0 Å². The minimum Gasteiger partial charge on any atom is -0.309 e. The van der Waals surface area contributed by atoms with Crippen molar-refractivity contribution in [3.8, 4) is 5.69 Å². The van der Waals surface area contributed by atoms with Crippen molar-refractivity contribution in [3.63, 3.8) is 0 Å². The molecule has 0 spiro atoms. The van der Waals surface area contributed by atoms with E-state index in [4.69, 9.17) is 0 Å². The second-order valence-corrected chi connectivity index (χ2v) is 13.1. The number of hydrogen-bond acceptors (Lipinski definition) is 1. The van der Waals surface area contributed by atoms with Gasteiger partial charge in [-0.25, -0.2) is 0 Å². The van der Waals surface area contributed by atoms with Crippen LogP contribution < -0.4 is 0 Å². The van der Waals surface area contributed by atoms with Crippen LogP contribution in [0.3, 0.4) is 0 Å². The van der Waals surface area contributed by atoms with Crippen LogP contribution in [0.25, 0.3) is 96.5 Å². The van der Waals surface area contributed by atoms with Crippen LogP contribution in [0.2, 0.25) is 0 Å². The molecule has 0 unspecified atom stereocenters. The highest BCUT2D eigenvalue weighted by Gasteiger charge is 2.23. The molecule has 0 aliphatic rings. The molecule has 0 N–H and O–H groups in total. The number of rotatable bonds is 1. The minimum atomic E-state index is 1.18. The molecule has 0 amide bonds. The van der Waals surface area contributed by atoms with Crippen molar-refractivity contribution < 1.29 is 0 Å². The molecule has 4 aromatic heterocycles. The van der Waals surface area contributed by atoms with Gasteiger partial charge in [-0.1, -0.05) is 97.1 Å². The van der Waals surface area contributed by atoms with Crippen LogP contribution in [0.5, 0.6) is 0 Å². The standard InChI is InChI=1S/C42H24N2S/c1-2-11-25(12-3-1)43-33-19-9-7-16-30(33)38-34(43)22-23-35-39(38)31-21-24-37-41-40-29(17-10-20-36(40)45-37)27-14-5-4-13-26(27)28-15-6-8-18-32(28)44(35)42(31)41/h1-24H. The Kier molecular flexibility index (Phi) is 4.49. The molecule has 0 aliphatic heterocycles. The molecule has 4 heterocycles. The third-order valence-electron chi connectivity index (χ3n) is 9.85. The zero-order valence-electron chi connectivity index (χ0n) is 24.2. The third-order valence-corrected chi connectivity index (χ3v) is 11.0. The van der Waals surface area contributed by atoms with E-state index in [0.29, 0.717) is 0 Å². The topological polar surface area (TPSA) is 9.34 Å². The molecule has 0 aliphatic carbocycles. The lowest BCUT2D eigenvalue weighted by molar-refractivity contribution is 1.18. The highest BCUT2D eigenvalue weighted by molar-refractivity contribution is 7.26. The van der Waals surface area contributed by atoms with Gasteiger partial charge >= 0.3 is 0 Å². The summed E-state index contributed by atoms with van der Waals surface area (Å²) >= 11 is 1.91. The number of benzene rings is 7. The Morgan fingerprint density at radius 3 is 1.80 bits per heavy atom. The summed E-state index contributed by atoms with van der Waals surface area (Å²) in [7, 11) is 0. The Morgan fingerprint density at radius 2 is 0.956 bits per heavy atom. The summed E-state index contributed by atoms with van der Waals surface area (Å²) in [4.78, 5) is 0. The van der Waals surface area contributed by atoms with Gasteiger partial charge in [0.15, 0.2) is 0 Å². The lowest BCUT2D eigenvalue weighted by atomic mass is 10.00. The highest BCUT2D eigenvalue weighted by atomic mass is 32.1. The molecule has 3 heteroatoms. The van der Waals surface area contributed by atoms with Crippen molar-refractivity contribution in [1.29, 1.82) is 0 Å². The van der Waals surface area contributed by atoms with Crippen LogP contribution in [0.1, 0.15) is 0 Å². The van der Waals surface area contributed by atoms with Crippen molar-refractivity contribution in [2.24, 2.45) is 0 Å². The van der Waals surface area contributed by atoms with E-state index in [2.05, 4.69) is 155 Å². The predicted molar refractivity (Wildman–Crippen MR) is 195 cm³/mol. The molecule has 45 heavy (non-hydrogen) atoms. The second kappa shape index (κ2) is 8.50. The number of aromatic nitrogens is 2. The summed E-state index contributed by atoms with van der Waals surface area (Å²) in [6.45, 7) is 0. The summed E-state index contributed by atoms with van der Waals surface area (Å²) in [5, 5.41) is 13.0. The van der Waals surface area contributed by atoms with E-state index in [1.165, 1.54) is 96.5 Å². The molecule has 0 bridgehead atoms. The van der Waals surface area contributed by atoms with Crippen LogP contribution >= 0.6 is 11.3 Å². The summed E-state index contributed by atoms with van der Waals surface area (Å²) in [5.41, 5.74) is 7.40. The Hall–Kier alpha value is -5.64. The van der Waals surface area contributed by atoms with E-state index in [1.54, 1.807) is 0 Å². The smallest absolute Gasteiger partial charge is 0.0634 e. The molecule has 7 aromatic carbocycles. The molecular formula is C42H24N2S. The summed E-state index contributed by atoms with van der Waals surface area (Å²) in [6, 6.07) is 53.8. The molecule has 0 atom stereocenters. The Labute approximate surface area is 261 Å². The number of fused-ring (bicyclic) bond motifs is 12. The van der Waals surface area contributed by atoms with E-state index in [0.717, 1.165) is 0 Å². The SMILES string of the molecule is c1ccc(-n2c3ccccc3c3c4c5ccc6sc7cccc8c9ccccc9c9ccccc9n(c4ccc32)c5c6c78)cc1. The van der Waals surface area contributed by atoms with Crippen molar-refractivity contribution in [1.82, 2.24) is 8.97 Å². The average Bonchev–Trinajstić information content (AvgIpc) is 3.76. The zero-order chi connectivity index (χ0) is 29.2. The predicted octanol–water partition coefficient (Wildman–Crippen LogP) is 12.0. The fourth-order valence-corrected chi connectivity index (χ4v) is 9.27. The van der Waals surface area contributed by atoms with Gasteiger partial charge in [-0.15, -0.1) is 11.3 Å². The maximum atomic E-state index is 2.57. The molecule has 0 saturated carbocycles. The van der Waals surface area contributed by atoms with Gasteiger partial charge in [0.2, 0.25) is 0 Å². The number of para-hydroxylation sites is 3. The van der Waals surface area contributed by atoms with Crippen LogP contribution in [0, 0.1) is 0 Å². The first-order chi connectivity index (χ1) is 22.4. The average molecular weight is 589 g/mol. The van der Waals surface area contributed by atoms with E-state index in [1.807, 2.05) is 11.3 Å². The second-order valence-electron chi connectivity index (χ2n) is 12.1. The number of thiophene rings is 1. The molecule has 208 valence electrons. The number of nitrogens with zero attached hydrogens (tertiary/aromatic N) is 2.